The van der Waals surface area contributed by atoms with Crippen LogP contribution in [-0.2, 0) is 4.79 Å². The van der Waals surface area contributed by atoms with E-state index in [1.54, 1.807) is 12.2 Å². The SMILES string of the molecule is NCC1(C(=O)O)C=CC(c2ccccc2)C=C1. The predicted octanol–water partition coefficient (Wildman–Crippen LogP) is 1.93. The van der Waals surface area contributed by atoms with Crippen LogP contribution in [-0.4, -0.2) is 17.6 Å². The van der Waals surface area contributed by atoms with Crippen molar-refractivity contribution < 1.29 is 9.90 Å². The molecule has 3 nitrogen and oxygen atoms in total. The van der Waals surface area contributed by atoms with Crippen LogP contribution in [0.15, 0.2) is 54.6 Å². The summed E-state index contributed by atoms with van der Waals surface area (Å²) in [5.74, 6) is -0.769. The number of carboxylic acid groups (broad SMARTS) is 1. The number of hydrogen-bond acceptors (Lipinski definition) is 2. The van der Waals surface area contributed by atoms with Crippen molar-refractivity contribution in [2.75, 3.05) is 6.54 Å². The summed E-state index contributed by atoms with van der Waals surface area (Å²) < 4.78 is 0. The molecule has 0 spiro atoms. The third-order valence-electron chi connectivity index (χ3n) is 3.12. The minimum Gasteiger partial charge on any atom is -0.480 e. The number of carbonyl (C=O) groups is 1. The molecule has 3 N–H and O–H groups in total. The molecule has 0 unspecified atom stereocenters. The van der Waals surface area contributed by atoms with Crippen LogP contribution in [0.3, 0.4) is 0 Å². The maximum absolute atomic E-state index is 11.2. The van der Waals surface area contributed by atoms with Crippen molar-refractivity contribution in [1.82, 2.24) is 0 Å². The molecule has 0 fully saturated rings. The number of allylic oxidation sites excluding steroid dienone is 2. The highest BCUT2D eigenvalue weighted by molar-refractivity contribution is 5.80. The van der Waals surface area contributed by atoms with Gasteiger partial charge in [-0.15, -0.1) is 0 Å². The predicted molar refractivity (Wildman–Crippen MR) is 66.6 cm³/mol. The van der Waals surface area contributed by atoms with Gasteiger partial charge < -0.3 is 10.8 Å². The zero-order chi connectivity index (χ0) is 12.3. The van der Waals surface area contributed by atoms with Crippen LogP contribution in [0.4, 0.5) is 0 Å². The first kappa shape index (κ1) is 11.6. The highest BCUT2D eigenvalue weighted by atomic mass is 16.4. The van der Waals surface area contributed by atoms with Crippen LogP contribution in [0.25, 0.3) is 0 Å². The average Bonchev–Trinajstić information content (AvgIpc) is 2.39. The number of benzene rings is 1. The molecule has 0 saturated carbocycles. The van der Waals surface area contributed by atoms with Gasteiger partial charge in [0.2, 0.25) is 0 Å². The summed E-state index contributed by atoms with van der Waals surface area (Å²) in [6.45, 7) is 0.0802. The number of carboxylic acids is 1. The third kappa shape index (κ3) is 2.15. The topological polar surface area (TPSA) is 63.3 Å². The Labute approximate surface area is 100 Å². The molecular weight excluding hydrogens is 214 g/mol. The number of nitrogens with two attached hydrogens (primary N) is 1. The fourth-order valence-corrected chi connectivity index (χ4v) is 1.93. The Bertz CT molecular complexity index is 448. The van der Waals surface area contributed by atoms with Crippen molar-refractivity contribution in [1.29, 1.82) is 0 Å². The van der Waals surface area contributed by atoms with E-state index in [2.05, 4.69) is 0 Å². The van der Waals surface area contributed by atoms with Gasteiger partial charge in [-0.3, -0.25) is 4.79 Å². The van der Waals surface area contributed by atoms with E-state index in [0.717, 1.165) is 5.56 Å². The molecule has 0 aromatic heterocycles. The monoisotopic (exact) mass is 229 g/mol. The van der Waals surface area contributed by atoms with Gasteiger partial charge in [0, 0.05) is 12.5 Å². The molecule has 0 amide bonds. The largest absolute Gasteiger partial charge is 0.480 e. The zero-order valence-corrected chi connectivity index (χ0v) is 9.41. The molecule has 3 heteroatoms. The second-order valence-corrected chi connectivity index (χ2v) is 4.20. The average molecular weight is 229 g/mol. The molecule has 1 aromatic carbocycles. The lowest BCUT2D eigenvalue weighted by Crippen LogP contribution is -2.36. The lowest BCUT2D eigenvalue weighted by molar-refractivity contribution is -0.143. The van der Waals surface area contributed by atoms with Gasteiger partial charge in [-0.2, -0.15) is 0 Å². The van der Waals surface area contributed by atoms with E-state index in [1.165, 1.54) is 0 Å². The Morgan fingerprint density at radius 3 is 2.29 bits per heavy atom. The molecule has 0 saturated heterocycles. The van der Waals surface area contributed by atoms with E-state index in [1.807, 2.05) is 42.5 Å². The van der Waals surface area contributed by atoms with Gasteiger partial charge >= 0.3 is 5.97 Å². The summed E-state index contributed by atoms with van der Waals surface area (Å²) in [6.07, 6.45) is 7.17. The number of hydrogen-bond donors (Lipinski definition) is 2. The summed E-state index contributed by atoms with van der Waals surface area (Å²) in [5.41, 5.74) is 5.65. The Morgan fingerprint density at radius 2 is 1.82 bits per heavy atom. The van der Waals surface area contributed by atoms with Crippen molar-refractivity contribution in [3.63, 3.8) is 0 Å². The van der Waals surface area contributed by atoms with Crippen molar-refractivity contribution in [2.24, 2.45) is 11.1 Å². The van der Waals surface area contributed by atoms with Crippen LogP contribution in [0.5, 0.6) is 0 Å². The summed E-state index contributed by atoms with van der Waals surface area (Å²) in [4.78, 5) is 11.2. The fraction of sp³-hybridized carbons (Fsp3) is 0.214. The molecule has 0 bridgehead atoms. The Hall–Kier alpha value is -1.87. The standard InChI is InChI=1S/C14H15NO2/c15-10-14(13(16)17)8-6-12(7-9-14)11-4-2-1-3-5-11/h1-9,12H,10,15H2,(H,16,17). The second-order valence-electron chi connectivity index (χ2n) is 4.20. The maximum Gasteiger partial charge on any atom is 0.318 e. The normalized spacial score (nSPS) is 27.0. The quantitative estimate of drug-likeness (QED) is 0.778. The molecule has 1 aliphatic rings. The molecule has 88 valence electrons. The molecule has 0 radical (unpaired) electrons. The lowest BCUT2D eigenvalue weighted by atomic mass is 9.80. The van der Waals surface area contributed by atoms with Gasteiger partial charge in [0.05, 0.1) is 0 Å². The fourth-order valence-electron chi connectivity index (χ4n) is 1.93. The third-order valence-corrected chi connectivity index (χ3v) is 3.12. The molecule has 1 aromatic rings. The van der Waals surface area contributed by atoms with Gasteiger partial charge in [0.15, 0.2) is 0 Å². The van der Waals surface area contributed by atoms with Gasteiger partial charge in [0.1, 0.15) is 5.41 Å². The van der Waals surface area contributed by atoms with E-state index in [4.69, 9.17) is 10.8 Å². The van der Waals surface area contributed by atoms with Crippen LogP contribution < -0.4 is 5.73 Å². The lowest BCUT2D eigenvalue weighted by Gasteiger charge is -2.25. The van der Waals surface area contributed by atoms with Crippen LogP contribution in [0.1, 0.15) is 11.5 Å². The molecule has 17 heavy (non-hydrogen) atoms. The first-order chi connectivity index (χ1) is 8.18. The van der Waals surface area contributed by atoms with Gasteiger partial charge in [-0.1, -0.05) is 54.6 Å². The summed E-state index contributed by atoms with van der Waals surface area (Å²) in [6, 6.07) is 9.95. The van der Waals surface area contributed by atoms with E-state index in [0.29, 0.717) is 0 Å². The highest BCUT2D eigenvalue weighted by Gasteiger charge is 2.33. The van der Waals surface area contributed by atoms with E-state index < -0.39 is 11.4 Å². The Morgan fingerprint density at radius 1 is 1.24 bits per heavy atom. The number of aliphatic carboxylic acids is 1. The van der Waals surface area contributed by atoms with Crippen molar-refractivity contribution in [3.05, 3.63) is 60.2 Å². The Balaban J connectivity index is 2.24. The van der Waals surface area contributed by atoms with Gasteiger partial charge in [0.25, 0.3) is 0 Å². The van der Waals surface area contributed by atoms with Gasteiger partial charge in [-0.05, 0) is 5.56 Å². The summed E-state index contributed by atoms with van der Waals surface area (Å²) in [5, 5.41) is 9.16. The highest BCUT2D eigenvalue weighted by Crippen LogP contribution is 2.31. The second kappa shape index (κ2) is 4.55. The van der Waals surface area contributed by atoms with Crippen LogP contribution >= 0.6 is 0 Å². The first-order valence-electron chi connectivity index (χ1n) is 5.55. The number of rotatable bonds is 3. The van der Waals surface area contributed by atoms with Crippen molar-refractivity contribution in [3.8, 4) is 0 Å². The Kier molecular flexibility index (Phi) is 3.11. The van der Waals surface area contributed by atoms with E-state index >= 15 is 0 Å². The summed E-state index contributed by atoms with van der Waals surface area (Å²) >= 11 is 0. The molecule has 1 aliphatic carbocycles. The zero-order valence-electron chi connectivity index (χ0n) is 9.41. The van der Waals surface area contributed by atoms with E-state index in [9.17, 15) is 4.79 Å². The molecule has 0 atom stereocenters. The smallest absolute Gasteiger partial charge is 0.318 e. The minimum absolute atomic E-state index is 0.0802. The molecule has 0 heterocycles. The molecule has 2 rings (SSSR count). The minimum atomic E-state index is -1.04. The van der Waals surface area contributed by atoms with E-state index in [-0.39, 0.29) is 12.5 Å². The van der Waals surface area contributed by atoms with Crippen molar-refractivity contribution in [2.45, 2.75) is 5.92 Å². The molecular formula is C14H15NO2. The van der Waals surface area contributed by atoms with Gasteiger partial charge in [-0.25, -0.2) is 0 Å². The van der Waals surface area contributed by atoms with Crippen LogP contribution in [0.2, 0.25) is 0 Å². The first-order valence-corrected chi connectivity index (χ1v) is 5.55. The van der Waals surface area contributed by atoms with Crippen molar-refractivity contribution >= 4 is 5.97 Å². The van der Waals surface area contributed by atoms with Crippen LogP contribution in [0, 0.1) is 5.41 Å². The maximum atomic E-state index is 11.2. The summed E-state index contributed by atoms with van der Waals surface area (Å²) in [7, 11) is 0. The molecule has 0 aliphatic heterocycles.